The SMILES string of the molecule is C[C@H](Oc1ccc2c(c1)OCO2)C(=O)N1CC(CF)C1. The van der Waals surface area contributed by atoms with E-state index in [4.69, 9.17) is 14.2 Å². The van der Waals surface area contributed by atoms with E-state index in [1.165, 1.54) is 0 Å². The Morgan fingerprint density at radius 1 is 1.45 bits per heavy atom. The first-order valence-corrected chi connectivity index (χ1v) is 6.58. The summed E-state index contributed by atoms with van der Waals surface area (Å²) >= 11 is 0. The van der Waals surface area contributed by atoms with E-state index in [9.17, 15) is 9.18 Å². The highest BCUT2D eigenvalue weighted by molar-refractivity contribution is 5.81. The van der Waals surface area contributed by atoms with E-state index in [1.807, 2.05) is 0 Å². The van der Waals surface area contributed by atoms with Crippen molar-refractivity contribution in [3.8, 4) is 17.2 Å². The summed E-state index contributed by atoms with van der Waals surface area (Å²) in [4.78, 5) is 13.7. The normalized spacial score (nSPS) is 18.6. The summed E-state index contributed by atoms with van der Waals surface area (Å²) in [6.45, 7) is 2.47. The average Bonchev–Trinajstić information content (AvgIpc) is 2.84. The van der Waals surface area contributed by atoms with Crippen LogP contribution in [0.5, 0.6) is 17.2 Å². The van der Waals surface area contributed by atoms with Gasteiger partial charge in [-0.15, -0.1) is 0 Å². The van der Waals surface area contributed by atoms with Crippen molar-refractivity contribution in [1.82, 2.24) is 4.90 Å². The monoisotopic (exact) mass is 281 g/mol. The number of carbonyl (C=O) groups is 1. The molecular weight excluding hydrogens is 265 g/mol. The minimum atomic E-state index is -0.601. The molecule has 0 aromatic heterocycles. The summed E-state index contributed by atoms with van der Waals surface area (Å²) in [5, 5.41) is 0. The third kappa shape index (κ3) is 2.37. The largest absolute Gasteiger partial charge is 0.481 e. The molecule has 0 saturated carbocycles. The number of likely N-dealkylation sites (tertiary alicyclic amines) is 1. The van der Waals surface area contributed by atoms with Gasteiger partial charge in [0.15, 0.2) is 17.6 Å². The smallest absolute Gasteiger partial charge is 0.263 e. The van der Waals surface area contributed by atoms with Crippen molar-refractivity contribution >= 4 is 5.91 Å². The summed E-state index contributed by atoms with van der Waals surface area (Å²) < 4.78 is 28.4. The number of benzene rings is 1. The molecule has 1 amide bonds. The Labute approximate surface area is 116 Å². The summed E-state index contributed by atoms with van der Waals surface area (Å²) in [6, 6.07) is 5.18. The van der Waals surface area contributed by atoms with E-state index >= 15 is 0 Å². The Morgan fingerprint density at radius 3 is 2.95 bits per heavy atom. The average molecular weight is 281 g/mol. The van der Waals surface area contributed by atoms with Gasteiger partial charge in [0, 0.05) is 25.1 Å². The highest BCUT2D eigenvalue weighted by atomic mass is 19.1. The maximum atomic E-state index is 12.4. The number of halogens is 1. The number of hydrogen-bond acceptors (Lipinski definition) is 4. The lowest BCUT2D eigenvalue weighted by atomic mass is 10.0. The van der Waals surface area contributed by atoms with Crippen LogP contribution in [0.15, 0.2) is 18.2 Å². The lowest BCUT2D eigenvalue weighted by molar-refractivity contribution is -0.144. The molecule has 1 aromatic rings. The van der Waals surface area contributed by atoms with E-state index in [-0.39, 0.29) is 25.3 Å². The topological polar surface area (TPSA) is 48.0 Å². The van der Waals surface area contributed by atoms with Gasteiger partial charge < -0.3 is 19.1 Å². The number of hydrogen-bond donors (Lipinski definition) is 0. The minimum absolute atomic E-state index is 0.0170. The molecule has 0 unspecified atom stereocenters. The van der Waals surface area contributed by atoms with Gasteiger partial charge >= 0.3 is 0 Å². The summed E-state index contributed by atoms with van der Waals surface area (Å²) in [5.41, 5.74) is 0. The molecule has 108 valence electrons. The van der Waals surface area contributed by atoms with E-state index in [2.05, 4.69) is 0 Å². The third-order valence-corrected chi connectivity index (χ3v) is 3.49. The molecule has 20 heavy (non-hydrogen) atoms. The second-order valence-electron chi connectivity index (χ2n) is 5.04. The van der Waals surface area contributed by atoms with Crippen LogP contribution >= 0.6 is 0 Å². The van der Waals surface area contributed by atoms with Crippen molar-refractivity contribution in [2.45, 2.75) is 13.0 Å². The Bertz CT molecular complexity index is 516. The quantitative estimate of drug-likeness (QED) is 0.841. The lowest BCUT2D eigenvalue weighted by Crippen LogP contribution is -2.54. The van der Waals surface area contributed by atoms with Gasteiger partial charge in [-0.25, -0.2) is 0 Å². The number of amides is 1. The predicted octanol–water partition coefficient (Wildman–Crippen LogP) is 1.61. The Kier molecular flexibility index (Phi) is 3.38. The number of nitrogens with zero attached hydrogens (tertiary/aromatic N) is 1. The number of fused-ring (bicyclic) bond motifs is 1. The van der Waals surface area contributed by atoms with Gasteiger partial charge in [-0.05, 0) is 19.1 Å². The zero-order valence-electron chi connectivity index (χ0n) is 11.2. The molecule has 0 radical (unpaired) electrons. The molecule has 2 aliphatic rings. The standard InChI is InChI=1S/C14H16FNO4/c1-9(14(17)16-6-10(5-15)7-16)20-11-2-3-12-13(4-11)19-8-18-12/h2-4,9-10H,5-8H2,1H3/t9-/m0/s1. The van der Waals surface area contributed by atoms with Crippen LogP contribution in [0.25, 0.3) is 0 Å². The molecular formula is C14H16FNO4. The summed E-state index contributed by atoms with van der Waals surface area (Å²) in [6.07, 6.45) is -0.601. The van der Waals surface area contributed by atoms with Gasteiger partial charge in [-0.2, -0.15) is 0 Å². The number of carbonyl (C=O) groups excluding carboxylic acids is 1. The fraction of sp³-hybridized carbons (Fsp3) is 0.500. The molecule has 5 nitrogen and oxygen atoms in total. The molecule has 6 heteroatoms. The molecule has 2 heterocycles. The van der Waals surface area contributed by atoms with Crippen LogP contribution in [-0.4, -0.2) is 43.5 Å². The highest BCUT2D eigenvalue weighted by Crippen LogP contribution is 2.35. The molecule has 1 fully saturated rings. The van der Waals surface area contributed by atoms with Crippen LogP contribution in [-0.2, 0) is 4.79 Å². The first-order chi connectivity index (χ1) is 9.67. The molecule has 0 aliphatic carbocycles. The highest BCUT2D eigenvalue weighted by Gasteiger charge is 2.33. The van der Waals surface area contributed by atoms with Crippen molar-refractivity contribution in [2.24, 2.45) is 5.92 Å². The van der Waals surface area contributed by atoms with Crippen molar-refractivity contribution < 1.29 is 23.4 Å². The van der Waals surface area contributed by atoms with Crippen LogP contribution in [0.2, 0.25) is 0 Å². The van der Waals surface area contributed by atoms with Crippen LogP contribution in [0, 0.1) is 5.92 Å². The van der Waals surface area contributed by atoms with Crippen molar-refractivity contribution in [2.75, 3.05) is 26.6 Å². The minimum Gasteiger partial charge on any atom is -0.481 e. The molecule has 0 bridgehead atoms. The van der Waals surface area contributed by atoms with Gasteiger partial charge in [-0.1, -0.05) is 0 Å². The van der Waals surface area contributed by atoms with Crippen molar-refractivity contribution in [3.05, 3.63) is 18.2 Å². The summed E-state index contributed by atoms with van der Waals surface area (Å²) in [5.74, 6) is 1.70. The third-order valence-electron chi connectivity index (χ3n) is 3.49. The van der Waals surface area contributed by atoms with Gasteiger partial charge in [0.1, 0.15) is 5.75 Å². The molecule has 2 aliphatic heterocycles. The first-order valence-electron chi connectivity index (χ1n) is 6.58. The van der Waals surface area contributed by atoms with Gasteiger partial charge in [0.2, 0.25) is 6.79 Å². The van der Waals surface area contributed by atoms with E-state index < -0.39 is 6.10 Å². The predicted molar refractivity (Wildman–Crippen MR) is 68.7 cm³/mol. The van der Waals surface area contributed by atoms with Gasteiger partial charge in [-0.3, -0.25) is 9.18 Å². The Hall–Kier alpha value is -1.98. The van der Waals surface area contributed by atoms with Gasteiger partial charge in [0.25, 0.3) is 5.91 Å². The van der Waals surface area contributed by atoms with Crippen molar-refractivity contribution in [3.63, 3.8) is 0 Å². The second-order valence-corrected chi connectivity index (χ2v) is 5.04. The van der Waals surface area contributed by atoms with Crippen molar-refractivity contribution in [1.29, 1.82) is 0 Å². The van der Waals surface area contributed by atoms with E-state index in [1.54, 1.807) is 30.0 Å². The number of alkyl halides is 1. The Balaban J connectivity index is 1.58. The fourth-order valence-corrected chi connectivity index (χ4v) is 2.31. The lowest BCUT2D eigenvalue weighted by Gasteiger charge is -2.39. The maximum absolute atomic E-state index is 12.4. The van der Waals surface area contributed by atoms with Gasteiger partial charge in [0.05, 0.1) is 6.67 Å². The molecule has 1 atom stereocenters. The van der Waals surface area contributed by atoms with Crippen LogP contribution in [0.4, 0.5) is 4.39 Å². The van der Waals surface area contributed by atoms with E-state index in [0.717, 1.165) is 0 Å². The molecule has 0 N–H and O–H groups in total. The molecule has 0 spiro atoms. The maximum Gasteiger partial charge on any atom is 0.263 e. The number of rotatable bonds is 4. The fourth-order valence-electron chi connectivity index (χ4n) is 2.31. The first kappa shape index (κ1) is 13.0. The van der Waals surface area contributed by atoms with E-state index in [0.29, 0.717) is 30.3 Å². The van der Waals surface area contributed by atoms with Crippen LogP contribution in [0.1, 0.15) is 6.92 Å². The molecule has 1 saturated heterocycles. The van der Waals surface area contributed by atoms with Crippen LogP contribution in [0.3, 0.4) is 0 Å². The molecule has 1 aromatic carbocycles. The van der Waals surface area contributed by atoms with Crippen LogP contribution < -0.4 is 14.2 Å². The molecule has 3 rings (SSSR count). The summed E-state index contributed by atoms with van der Waals surface area (Å²) in [7, 11) is 0. The number of ether oxygens (including phenoxy) is 3. The second kappa shape index (κ2) is 5.19. The Morgan fingerprint density at radius 2 is 2.20 bits per heavy atom. The zero-order valence-corrected chi connectivity index (χ0v) is 11.2. The zero-order chi connectivity index (χ0) is 14.1.